The number of imidazole rings is 1. The summed E-state index contributed by atoms with van der Waals surface area (Å²) < 4.78 is 17.0. The van der Waals surface area contributed by atoms with Crippen molar-refractivity contribution in [2.45, 2.75) is 39.3 Å². The van der Waals surface area contributed by atoms with Gasteiger partial charge in [0.25, 0.3) is 5.91 Å². The van der Waals surface area contributed by atoms with E-state index in [4.69, 9.17) is 0 Å². The number of likely N-dealkylation sites (tertiary alicyclic amines) is 1. The van der Waals surface area contributed by atoms with E-state index in [0.29, 0.717) is 30.8 Å². The molecule has 3 aromatic rings. The highest BCUT2D eigenvalue weighted by Gasteiger charge is 2.29. The maximum absolute atomic E-state index is 14.9. The number of carbonyl (C=O) groups is 1. The highest BCUT2D eigenvalue weighted by Crippen LogP contribution is 2.25. The van der Waals surface area contributed by atoms with Gasteiger partial charge in [0, 0.05) is 37.1 Å². The number of nitrogens with zero attached hydrogens (tertiary/aromatic N) is 6. The van der Waals surface area contributed by atoms with Crippen LogP contribution in [-0.2, 0) is 0 Å². The molecule has 2 aromatic heterocycles. The maximum Gasteiger partial charge on any atom is 0.256 e. The number of halogens is 1. The number of benzene rings is 1. The van der Waals surface area contributed by atoms with Gasteiger partial charge in [-0.2, -0.15) is 0 Å². The van der Waals surface area contributed by atoms with Gasteiger partial charge in [-0.3, -0.25) is 4.79 Å². The molecule has 1 N–H and O–H groups in total. The largest absolute Gasteiger partial charge is 0.337 e. The first kappa shape index (κ1) is 22.8. The van der Waals surface area contributed by atoms with Crippen LogP contribution in [0.5, 0.6) is 0 Å². The van der Waals surface area contributed by atoms with Crippen molar-refractivity contribution in [2.75, 3.05) is 32.5 Å². The Hall–Kier alpha value is -3.33. The highest BCUT2D eigenvalue weighted by atomic mass is 19.1. The van der Waals surface area contributed by atoms with Crippen molar-refractivity contribution in [1.82, 2.24) is 29.3 Å². The molecule has 1 atom stereocenters. The van der Waals surface area contributed by atoms with Crippen LogP contribution < -0.4 is 5.32 Å². The quantitative estimate of drug-likeness (QED) is 0.613. The second-order valence-corrected chi connectivity index (χ2v) is 8.90. The molecule has 1 saturated heterocycles. The first-order valence-corrected chi connectivity index (χ1v) is 11.1. The van der Waals surface area contributed by atoms with Crippen molar-refractivity contribution in [3.63, 3.8) is 0 Å². The first-order chi connectivity index (χ1) is 15.7. The third kappa shape index (κ3) is 4.73. The Morgan fingerprint density at radius 1 is 1.24 bits per heavy atom. The molecule has 1 fully saturated rings. The summed E-state index contributed by atoms with van der Waals surface area (Å²) in [6.07, 6.45) is 4.34. The summed E-state index contributed by atoms with van der Waals surface area (Å²) in [7, 11) is 3.99. The van der Waals surface area contributed by atoms with Crippen LogP contribution in [0.1, 0.15) is 42.5 Å². The van der Waals surface area contributed by atoms with Gasteiger partial charge in [0.05, 0.1) is 23.1 Å². The number of nitrogens with one attached hydrogen (secondary N) is 1. The van der Waals surface area contributed by atoms with E-state index in [-0.39, 0.29) is 17.5 Å². The summed E-state index contributed by atoms with van der Waals surface area (Å²) in [4.78, 5) is 29.9. The van der Waals surface area contributed by atoms with E-state index >= 15 is 0 Å². The lowest BCUT2D eigenvalue weighted by Crippen LogP contribution is -2.34. The summed E-state index contributed by atoms with van der Waals surface area (Å²) in [6.45, 7) is 7.38. The van der Waals surface area contributed by atoms with Gasteiger partial charge in [-0.05, 0) is 65.6 Å². The van der Waals surface area contributed by atoms with Gasteiger partial charge < -0.3 is 19.7 Å². The zero-order chi connectivity index (χ0) is 23.7. The summed E-state index contributed by atoms with van der Waals surface area (Å²) in [5.74, 6) is 0.404. The highest BCUT2D eigenvalue weighted by molar-refractivity contribution is 5.95. The molecule has 1 aromatic carbocycles. The molecular weight excluding hydrogens is 421 g/mol. The van der Waals surface area contributed by atoms with Gasteiger partial charge in [0.2, 0.25) is 5.95 Å². The predicted molar refractivity (Wildman–Crippen MR) is 126 cm³/mol. The molecule has 0 saturated carbocycles. The van der Waals surface area contributed by atoms with Crippen LogP contribution in [-0.4, -0.2) is 68.5 Å². The SMILES string of the molecule is Cc1ncc(-c2ccnc(Nc3ccc(C(=O)N4CC[C@H](N(C)C)C4)c(F)c3)n2)n1C(C)C. The zero-order valence-electron chi connectivity index (χ0n) is 19.7. The molecule has 0 spiro atoms. The van der Waals surface area contributed by atoms with Gasteiger partial charge in [0.15, 0.2) is 0 Å². The third-order valence-electron chi connectivity index (χ3n) is 6.05. The molecule has 9 heteroatoms. The third-order valence-corrected chi connectivity index (χ3v) is 6.05. The minimum atomic E-state index is -0.567. The predicted octanol–water partition coefficient (Wildman–Crippen LogP) is 3.89. The van der Waals surface area contributed by atoms with Crippen molar-refractivity contribution in [2.24, 2.45) is 0 Å². The Bertz CT molecular complexity index is 1160. The minimum absolute atomic E-state index is 0.0749. The standard InChI is InChI=1S/C24H30FN7O/c1-15(2)32-16(3)27-13-22(32)21-8-10-26-24(29-21)28-17-6-7-19(20(25)12-17)23(33)31-11-9-18(14-31)30(4)5/h6-8,10,12-13,15,18H,9,11,14H2,1-5H3,(H,26,28,29)/t18-/m0/s1. The Labute approximate surface area is 193 Å². The second-order valence-electron chi connectivity index (χ2n) is 8.90. The average Bonchev–Trinajstić information content (AvgIpc) is 3.41. The lowest BCUT2D eigenvalue weighted by atomic mass is 10.1. The summed E-state index contributed by atoms with van der Waals surface area (Å²) in [5.41, 5.74) is 2.16. The van der Waals surface area contributed by atoms with Crippen LogP contribution in [0, 0.1) is 12.7 Å². The number of rotatable bonds is 6. The fourth-order valence-corrected chi connectivity index (χ4v) is 4.27. The van der Waals surface area contributed by atoms with E-state index in [2.05, 4.69) is 43.6 Å². The van der Waals surface area contributed by atoms with Crippen LogP contribution in [0.3, 0.4) is 0 Å². The van der Waals surface area contributed by atoms with E-state index in [9.17, 15) is 9.18 Å². The Morgan fingerprint density at radius 3 is 2.70 bits per heavy atom. The summed E-state index contributed by atoms with van der Waals surface area (Å²) in [5, 5.41) is 3.04. The lowest BCUT2D eigenvalue weighted by Gasteiger charge is -2.20. The van der Waals surface area contributed by atoms with Crippen molar-refractivity contribution < 1.29 is 9.18 Å². The summed E-state index contributed by atoms with van der Waals surface area (Å²) >= 11 is 0. The van der Waals surface area contributed by atoms with Crippen molar-refractivity contribution in [1.29, 1.82) is 0 Å². The molecule has 0 unspecified atom stereocenters. The van der Waals surface area contributed by atoms with Gasteiger partial charge >= 0.3 is 0 Å². The van der Waals surface area contributed by atoms with E-state index in [0.717, 1.165) is 23.6 Å². The number of hydrogen-bond donors (Lipinski definition) is 1. The molecule has 3 heterocycles. The van der Waals surface area contributed by atoms with Crippen LogP contribution in [0.25, 0.3) is 11.4 Å². The number of carbonyl (C=O) groups excluding carboxylic acids is 1. The van der Waals surface area contributed by atoms with E-state index in [1.54, 1.807) is 23.4 Å². The lowest BCUT2D eigenvalue weighted by molar-refractivity contribution is 0.0778. The minimum Gasteiger partial charge on any atom is -0.337 e. The Morgan fingerprint density at radius 2 is 2.03 bits per heavy atom. The van der Waals surface area contributed by atoms with Gasteiger partial charge in [-0.1, -0.05) is 0 Å². The fraction of sp³-hybridized carbons (Fsp3) is 0.417. The van der Waals surface area contributed by atoms with Crippen LogP contribution >= 0.6 is 0 Å². The Kier molecular flexibility index (Phi) is 6.42. The van der Waals surface area contributed by atoms with Crippen LogP contribution in [0.2, 0.25) is 0 Å². The average molecular weight is 452 g/mol. The molecule has 1 aliphatic heterocycles. The fourth-order valence-electron chi connectivity index (χ4n) is 4.27. The number of aryl methyl sites for hydroxylation is 1. The molecule has 0 bridgehead atoms. The van der Waals surface area contributed by atoms with E-state index in [1.165, 1.54) is 12.1 Å². The molecule has 8 nitrogen and oxygen atoms in total. The smallest absolute Gasteiger partial charge is 0.256 e. The van der Waals surface area contributed by atoms with Gasteiger partial charge in [-0.15, -0.1) is 0 Å². The molecular formula is C24H30FN7O. The molecule has 33 heavy (non-hydrogen) atoms. The topological polar surface area (TPSA) is 79.2 Å². The van der Waals surface area contributed by atoms with Crippen LogP contribution in [0.4, 0.5) is 16.0 Å². The van der Waals surface area contributed by atoms with Crippen molar-refractivity contribution >= 4 is 17.5 Å². The Balaban J connectivity index is 1.51. The molecule has 0 radical (unpaired) electrons. The normalized spacial score (nSPS) is 16.1. The number of aromatic nitrogens is 4. The zero-order valence-corrected chi connectivity index (χ0v) is 19.7. The van der Waals surface area contributed by atoms with Gasteiger partial charge in [0.1, 0.15) is 11.6 Å². The first-order valence-electron chi connectivity index (χ1n) is 11.1. The van der Waals surface area contributed by atoms with Crippen molar-refractivity contribution in [3.05, 3.63) is 53.9 Å². The van der Waals surface area contributed by atoms with Crippen molar-refractivity contribution in [3.8, 4) is 11.4 Å². The maximum atomic E-state index is 14.9. The van der Waals surface area contributed by atoms with Gasteiger partial charge in [-0.25, -0.2) is 19.3 Å². The second kappa shape index (κ2) is 9.27. The molecule has 4 rings (SSSR count). The molecule has 1 amide bonds. The van der Waals surface area contributed by atoms with Crippen LogP contribution in [0.15, 0.2) is 36.7 Å². The molecule has 1 aliphatic rings. The van der Waals surface area contributed by atoms with E-state index in [1.807, 2.05) is 27.1 Å². The van der Waals surface area contributed by atoms with E-state index < -0.39 is 5.82 Å². The molecule has 174 valence electrons. The number of anilines is 2. The number of hydrogen-bond acceptors (Lipinski definition) is 6. The number of likely N-dealkylation sites (N-methyl/N-ethyl adjacent to an activating group) is 1. The summed E-state index contributed by atoms with van der Waals surface area (Å²) in [6, 6.07) is 6.86. The number of amides is 1. The monoisotopic (exact) mass is 451 g/mol. The molecule has 0 aliphatic carbocycles.